The summed E-state index contributed by atoms with van der Waals surface area (Å²) in [6, 6.07) is 10.9. The summed E-state index contributed by atoms with van der Waals surface area (Å²) in [5.74, 6) is 3.26. The van der Waals surface area contributed by atoms with Gasteiger partial charge in [-0.1, -0.05) is 22.8 Å². The molecule has 9 heteroatoms. The summed E-state index contributed by atoms with van der Waals surface area (Å²) < 4.78 is 22.1. The third-order valence-electron chi connectivity index (χ3n) is 7.29. The molecule has 4 aromatic rings. The molecule has 6 rings (SSSR count). The van der Waals surface area contributed by atoms with Gasteiger partial charge in [0.1, 0.15) is 17.4 Å². The minimum absolute atomic E-state index is 0.0315. The molecule has 0 spiro atoms. The van der Waals surface area contributed by atoms with E-state index in [2.05, 4.69) is 27.9 Å². The van der Waals surface area contributed by atoms with Crippen molar-refractivity contribution in [3.05, 3.63) is 64.5 Å². The summed E-state index contributed by atoms with van der Waals surface area (Å²) in [5, 5.41) is 4.15. The second-order valence-corrected chi connectivity index (χ2v) is 11.1. The normalized spacial score (nSPS) is 19.1. The quantitative estimate of drug-likeness (QED) is 0.286. The number of hydrogen-bond donors (Lipinski definition) is 0. The molecule has 0 bridgehead atoms. The number of amides is 1. The highest BCUT2D eigenvalue weighted by atomic mass is 35.5. The Balaban J connectivity index is 1.51. The molecule has 1 unspecified atom stereocenters. The first kappa shape index (κ1) is 23.6. The maximum Gasteiger partial charge on any atom is 0.227 e. The lowest BCUT2D eigenvalue weighted by molar-refractivity contribution is -0.117. The van der Waals surface area contributed by atoms with E-state index in [9.17, 15) is 9.18 Å². The van der Waals surface area contributed by atoms with Gasteiger partial charge in [-0.15, -0.1) is 0 Å². The third-order valence-corrected chi connectivity index (χ3v) is 8.64. The van der Waals surface area contributed by atoms with Gasteiger partial charge >= 0.3 is 0 Å². The number of benzene rings is 2. The molecule has 2 aliphatic rings. The monoisotopic (exact) mass is 524 g/mol. The first-order chi connectivity index (χ1) is 17.4. The van der Waals surface area contributed by atoms with Crippen LogP contribution in [0.25, 0.3) is 22.2 Å². The lowest BCUT2D eigenvalue weighted by Gasteiger charge is -2.30. The first-order valence-electron chi connectivity index (χ1n) is 12.2. The zero-order chi connectivity index (χ0) is 25.0. The number of aryl methyl sites for hydroxylation is 2. The van der Waals surface area contributed by atoms with E-state index in [0.29, 0.717) is 24.6 Å². The fourth-order valence-electron chi connectivity index (χ4n) is 5.62. The molecular weight excluding hydrogens is 499 g/mol. The van der Waals surface area contributed by atoms with Crippen LogP contribution >= 0.6 is 23.4 Å². The molecule has 0 aliphatic carbocycles. The van der Waals surface area contributed by atoms with Crippen LogP contribution in [0.5, 0.6) is 0 Å². The third kappa shape index (κ3) is 3.91. The maximum absolute atomic E-state index is 14.4. The number of carbonyl (C=O) groups is 1. The molecule has 186 valence electrons. The molecule has 0 saturated carbocycles. The van der Waals surface area contributed by atoms with Gasteiger partial charge < -0.3 is 14.0 Å². The second kappa shape index (κ2) is 9.23. The predicted octanol–water partition coefficient (Wildman–Crippen LogP) is 7.04. The number of carbonyl (C=O) groups excluding carboxylic acids is 1. The van der Waals surface area contributed by atoms with Gasteiger partial charge in [0.25, 0.3) is 0 Å². The summed E-state index contributed by atoms with van der Waals surface area (Å²) in [6.45, 7) is 3.85. The van der Waals surface area contributed by atoms with E-state index in [1.807, 2.05) is 25.6 Å². The van der Waals surface area contributed by atoms with Gasteiger partial charge in [0.2, 0.25) is 5.91 Å². The number of nitrogens with zero attached hydrogens (tertiary/aromatic N) is 4. The molecule has 0 N–H and O–H groups in total. The largest absolute Gasteiger partial charge is 0.361 e. The van der Waals surface area contributed by atoms with Crippen LogP contribution in [0.3, 0.4) is 0 Å². The number of hydrogen-bond acceptors (Lipinski definition) is 5. The smallest absolute Gasteiger partial charge is 0.227 e. The minimum Gasteiger partial charge on any atom is -0.361 e. The highest BCUT2D eigenvalue weighted by molar-refractivity contribution is 7.99. The Morgan fingerprint density at radius 2 is 1.92 bits per heavy atom. The molecule has 2 aromatic heterocycles. The summed E-state index contributed by atoms with van der Waals surface area (Å²) >= 11 is 7.90. The summed E-state index contributed by atoms with van der Waals surface area (Å²) in [6.07, 6.45) is 3.11. The average Bonchev–Trinajstić information content (AvgIpc) is 3.55. The lowest BCUT2D eigenvalue weighted by Crippen LogP contribution is -2.30. The van der Waals surface area contributed by atoms with Crippen molar-refractivity contribution in [3.8, 4) is 11.1 Å². The number of halogens is 2. The Kier molecular flexibility index (Phi) is 6.04. The number of rotatable bonds is 4. The maximum atomic E-state index is 14.4. The standard InChI is InChI=1S/C27H26ClFN4O2S/c1-15-26(16(2)35-31-15)17-3-6-23-22(13-17)30-27(33(23)18-9-11-36-12-10-18)24-7-8-25(34)32(24)19-4-5-20(28)21(29)14-19/h3-6,13-14,18,24H,7-12H2,1-2H3. The van der Waals surface area contributed by atoms with Gasteiger partial charge in [0.05, 0.1) is 27.8 Å². The molecule has 0 radical (unpaired) electrons. The molecular formula is C27H26ClFN4O2S. The van der Waals surface area contributed by atoms with E-state index >= 15 is 0 Å². The Morgan fingerprint density at radius 1 is 1.11 bits per heavy atom. The van der Waals surface area contributed by atoms with Gasteiger partial charge in [0.15, 0.2) is 0 Å². The zero-order valence-electron chi connectivity index (χ0n) is 20.1. The molecule has 36 heavy (non-hydrogen) atoms. The minimum atomic E-state index is -0.533. The lowest BCUT2D eigenvalue weighted by atomic mass is 10.0. The van der Waals surface area contributed by atoms with Crippen molar-refractivity contribution in [1.82, 2.24) is 14.7 Å². The van der Waals surface area contributed by atoms with Crippen LogP contribution in [0.4, 0.5) is 10.1 Å². The SMILES string of the molecule is Cc1noc(C)c1-c1ccc2c(c1)nc(C1CCC(=O)N1c1ccc(Cl)c(F)c1)n2C1CCSCC1. The molecule has 1 amide bonds. The second-order valence-electron chi connectivity index (χ2n) is 9.50. The highest BCUT2D eigenvalue weighted by Gasteiger charge is 2.38. The number of imidazole rings is 1. The van der Waals surface area contributed by atoms with Crippen LogP contribution in [0.15, 0.2) is 40.9 Å². The van der Waals surface area contributed by atoms with Crippen molar-refractivity contribution in [2.75, 3.05) is 16.4 Å². The van der Waals surface area contributed by atoms with Crippen molar-refractivity contribution in [3.63, 3.8) is 0 Å². The molecule has 4 heterocycles. The summed E-state index contributed by atoms with van der Waals surface area (Å²) in [4.78, 5) is 19.9. The average molecular weight is 525 g/mol. The molecule has 2 aliphatic heterocycles. The van der Waals surface area contributed by atoms with Crippen LogP contribution in [0.1, 0.15) is 55.0 Å². The molecule has 6 nitrogen and oxygen atoms in total. The fourth-order valence-corrected chi connectivity index (χ4v) is 6.82. The van der Waals surface area contributed by atoms with Crippen molar-refractivity contribution in [2.45, 2.75) is 51.6 Å². The van der Waals surface area contributed by atoms with Crippen LogP contribution in [0.2, 0.25) is 5.02 Å². The summed E-state index contributed by atoms with van der Waals surface area (Å²) in [7, 11) is 0. The molecule has 2 aromatic carbocycles. The number of aromatic nitrogens is 3. The Labute approximate surface area is 217 Å². The van der Waals surface area contributed by atoms with E-state index in [4.69, 9.17) is 21.1 Å². The van der Waals surface area contributed by atoms with Crippen molar-refractivity contribution in [1.29, 1.82) is 0 Å². The van der Waals surface area contributed by atoms with Crippen molar-refractivity contribution < 1.29 is 13.7 Å². The Hall–Kier alpha value is -2.84. The molecule has 2 saturated heterocycles. The highest BCUT2D eigenvalue weighted by Crippen LogP contribution is 2.42. The van der Waals surface area contributed by atoms with E-state index in [-0.39, 0.29) is 17.0 Å². The topological polar surface area (TPSA) is 64.2 Å². The first-order valence-corrected chi connectivity index (χ1v) is 13.8. The van der Waals surface area contributed by atoms with Gasteiger partial charge in [-0.05, 0) is 80.5 Å². The fraction of sp³-hybridized carbons (Fsp3) is 0.370. The van der Waals surface area contributed by atoms with Crippen LogP contribution in [0, 0.1) is 19.7 Å². The van der Waals surface area contributed by atoms with Crippen molar-refractivity contribution >= 4 is 46.0 Å². The zero-order valence-corrected chi connectivity index (χ0v) is 21.7. The van der Waals surface area contributed by atoms with Gasteiger partial charge in [0, 0.05) is 23.7 Å². The molecule has 1 atom stereocenters. The van der Waals surface area contributed by atoms with Gasteiger partial charge in [-0.2, -0.15) is 11.8 Å². The van der Waals surface area contributed by atoms with Gasteiger partial charge in [-0.25, -0.2) is 9.37 Å². The number of thioether (sulfide) groups is 1. The van der Waals surface area contributed by atoms with Crippen LogP contribution < -0.4 is 4.90 Å². The van der Waals surface area contributed by atoms with E-state index < -0.39 is 5.82 Å². The van der Waals surface area contributed by atoms with Gasteiger partial charge in [-0.3, -0.25) is 4.79 Å². The molecule has 2 fully saturated rings. The Bertz CT molecular complexity index is 1460. The van der Waals surface area contributed by atoms with E-state index in [0.717, 1.165) is 63.8 Å². The number of anilines is 1. The Morgan fingerprint density at radius 3 is 2.64 bits per heavy atom. The van der Waals surface area contributed by atoms with Crippen molar-refractivity contribution in [2.24, 2.45) is 0 Å². The van der Waals surface area contributed by atoms with E-state index in [1.54, 1.807) is 11.0 Å². The predicted molar refractivity (Wildman–Crippen MR) is 141 cm³/mol. The van der Waals surface area contributed by atoms with E-state index in [1.165, 1.54) is 12.1 Å². The van der Waals surface area contributed by atoms with Crippen LogP contribution in [-0.2, 0) is 4.79 Å². The van der Waals surface area contributed by atoms with Crippen LogP contribution in [-0.4, -0.2) is 32.1 Å². The number of fused-ring (bicyclic) bond motifs is 1. The summed E-state index contributed by atoms with van der Waals surface area (Å²) in [5.41, 5.74) is 5.28.